The maximum atomic E-state index is 12.5. The average Bonchev–Trinajstić information content (AvgIpc) is 3.20. The van der Waals surface area contributed by atoms with Crippen LogP contribution in [0.25, 0.3) is 0 Å². The van der Waals surface area contributed by atoms with Crippen molar-refractivity contribution in [2.45, 2.75) is 6.54 Å². The Kier molecular flexibility index (Phi) is 5.22. The standard InChI is InChI=1S/C20H22N4O5/c1-22-6-8-23(9-7-22)16-4-3-15(11-17(16)24(26)27)20(25)21-12-14-2-5-18-19(10-14)29-13-28-18/h2-5,10-11H,6-9,12-13H2,1H3,(H,21,25). The zero-order chi connectivity index (χ0) is 20.4. The number of fused-ring (bicyclic) bond motifs is 1. The molecule has 2 aliphatic heterocycles. The SMILES string of the molecule is CN1CCN(c2ccc(C(=O)NCc3ccc4c(c3)OCO4)cc2[N+](=O)[O-])CC1. The zero-order valence-corrected chi connectivity index (χ0v) is 16.1. The molecule has 0 aromatic heterocycles. The fraction of sp³-hybridized carbons (Fsp3) is 0.350. The molecule has 9 heteroatoms. The number of carbonyl (C=O) groups excluding carboxylic acids is 1. The number of amides is 1. The first-order valence-corrected chi connectivity index (χ1v) is 9.40. The minimum atomic E-state index is -0.428. The molecule has 0 saturated carbocycles. The van der Waals surface area contributed by atoms with Gasteiger partial charge in [0.25, 0.3) is 11.6 Å². The summed E-state index contributed by atoms with van der Waals surface area (Å²) in [6.07, 6.45) is 0. The van der Waals surface area contributed by atoms with Crippen LogP contribution in [-0.4, -0.2) is 55.8 Å². The summed E-state index contributed by atoms with van der Waals surface area (Å²) >= 11 is 0. The number of carbonyl (C=O) groups is 1. The fourth-order valence-electron chi connectivity index (χ4n) is 3.46. The smallest absolute Gasteiger partial charge is 0.293 e. The molecule has 2 aliphatic rings. The van der Waals surface area contributed by atoms with E-state index in [1.54, 1.807) is 18.2 Å². The van der Waals surface area contributed by atoms with Crippen LogP contribution in [0.5, 0.6) is 11.5 Å². The van der Waals surface area contributed by atoms with Crippen molar-refractivity contribution in [2.24, 2.45) is 0 Å². The van der Waals surface area contributed by atoms with Gasteiger partial charge in [0.05, 0.1) is 4.92 Å². The molecule has 1 N–H and O–H groups in total. The van der Waals surface area contributed by atoms with Gasteiger partial charge in [0, 0.05) is 44.4 Å². The molecule has 152 valence electrons. The van der Waals surface area contributed by atoms with Crippen molar-refractivity contribution in [1.82, 2.24) is 10.2 Å². The minimum Gasteiger partial charge on any atom is -0.454 e. The van der Waals surface area contributed by atoms with Crippen molar-refractivity contribution in [3.05, 3.63) is 57.6 Å². The predicted molar refractivity (Wildman–Crippen MR) is 107 cm³/mol. The Morgan fingerprint density at radius 3 is 2.62 bits per heavy atom. The highest BCUT2D eigenvalue weighted by Gasteiger charge is 2.24. The molecule has 0 spiro atoms. The lowest BCUT2D eigenvalue weighted by atomic mass is 10.1. The summed E-state index contributed by atoms with van der Waals surface area (Å²) in [4.78, 5) is 27.9. The van der Waals surface area contributed by atoms with Gasteiger partial charge in [-0.15, -0.1) is 0 Å². The first-order chi connectivity index (χ1) is 14.0. The fourth-order valence-corrected chi connectivity index (χ4v) is 3.46. The molecule has 4 rings (SSSR count). The number of hydrogen-bond donors (Lipinski definition) is 1. The quantitative estimate of drug-likeness (QED) is 0.608. The van der Waals surface area contributed by atoms with Crippen LogP contribution in [0.2, 0.25) is 0 Å². The lowest BCUT2D eigenvalue weighted by Gasteiger charge is -2.33. The van der Waals surface area contributed by atoms with E-state index in [0.717, 1.165) is 18.7 Å². The van der Waals surface area contributed by atoms with Crippen LogP contribution >= 0.6 is 0 Å². The second kappa shape index (κ2) is 7.96. The third-order valence-corrected chi connectivity index (χ3v) is 5.17. The number of benzene rings is 2. The van der Waals surface area contributed by atoms with Crippen LogP contribution in [0.4, 0.5) is 11.4 Å². The lowest BCUT2D eigenvalue weighted by Crippen LogP contribution is -2.44. The Morgan fingerprint density at radius 1 is 1.10 bits per heavy atom. The molecule has 2 aromatic carbocycles. The van der Waals surface area contributed by atoms with Gasteiger partial charge >= 0.3 is 0 Å². The molecular formula is C20H22N4O5. The Labute approximate surface area is 168 Å². The van der Waals surface area contributed by atoms with Crippen LogP contribution in [0.3, 0.4) is 0 Å². The van der Waals surface area contributed by atoms with Crippen LogP contribution in [0.1, 0.15) is 15.9 Å². The Morgan fingerprint density at radius 2 is 1.86 bits per heavy atom. The van der Waals surface area contributed by atoms with Gasteiger partial charge in [-0.3, -0.25) is 14.9 Å². The van der Waals surface area contributed by atoms with E-state index in [1.807, 2.05) is 24.1 Å². The average molecular weight is 398 g/mol. The van der Waals surface area contributed by atoms with Gasteiger partial charge in [-0.25, -0.2) is 0 Å². The molecular weight excluding hydrogens is 376 g/mol. The third kappa shape index (κ3) is 4.09. The second-order valence-electron chi connectivity index (χ2n) is 7.12. The Hall–Kier alpha value is -3.33. The molecule has 9 nitrogen and oxygen atoms in total. The van der Waals surface area contributed by atoms with E-state index >= 15 is 0 Å². The summed E-state index contributed by atoms with van der Waals surface area (Å²) in [6.45, 7) is 3.59. The van der Waals surface area contributed by atoms with Crippen molar-refractivity contribution in [1.29, 1.82) is 0 Å². The van der Waals surface area contributed by atoms with Gasteiger partial charge in [0.1, 0.15) is 5.69 Å². The van der Waals surface area contributed by atoms with Crippen LogP contribution in [0.15, 0.2) is 36.4 Å². The highest BCUT2D eigenvalue weighted by atomic mass is 16.7. The number of piperazine rings is 1. The monoisotopic (exact) mass is 398 g/mol. The molecule has 29 heavy (non-hydrogen) atoms. The molecule has 2 aromatic rings. The number of nitro groups is 1. The molecule has 0 aliphatic carbocycles. The number of nitrogens with one attached hydrogen (secondary N) is 1. The minimum absolute atomic E-state index is 0.0507. The molecule has 0 radical (unpaired) electrons. The number of anilines is 1. The summed E-state index contributed by atoms with van der Waals surface area (Å²) < 4.78 is 10.6. The second-order valence-corrected chi connectivity index (χ2v) is 7.12. The first-order valence-electron chi connectivity index (χ1n) is 9.40. The van der Waals surface area contributed by atoms with Crippen LogP contribution < -0.4 is 19.7 Å². The lowest BCUT2D eigenvalue weighted by molar-refractivity contribution is -0.384. The van der Waals surface area contributed by atoms with Crippen molar-refractivity contribution in [2.75, 3.05) is 44.9 Å². The molecule has 0 atom stereocenters. The van der Waals surface area contributed by atoms with Gasteiger partial charge in [-0.2, -0.15) is 0 Å². The van der Waals surface area contributed by atoms with Crippen molar-refractivity contribution in [3.63, 3.8) is 0 Å². The van der Waals surface area contributed by atoms with Crippen molar-refractivity contribution < 1.29 is 19.2 Å². The Bertz CT molecular complexity index is 940. The summed E-state index contributed by atoms with van der Waals surface area (Å²) in [5.41, 5.74) is 1.61. The number of likely N-dealkylation sites (N-methyl/N-ethyl adjacent to an activating group) is 1. The molecule has 1 amide bonds. The van der Waals surface area contributed by atoms with Gasteiger partial charge < -0.3 is 24.6 Å². The topological polar surface area (TPSA) is 97.2 Å². The zero-order valence-electron chi connectivity index (χ0n) is 16.1. The molecule has 0 bridgehead atoms. The van der Waals surface area contributed by atoms with Gasteiger partial charge in [0.2, 0.25) is 6.79 Å². The Balaban J connectivity index is 1.47. The predicted octanol–water partition coefficient (Wildman–Crippen LogP) is 2.01. The highest BCUT2D eigenvalue weighted by Crippen LogP contribution is 2.33. The van der Waals surface area contributed by atoms with Crippen molar-refractivity contribution in [3.8, 4) is 11.5 Å². The van der Waals surface area contributed by atoms with E-state index in [-0.39, 0.29) is 30.5 Å². The van der Waals surface area contributed by atoms with E-state index in [0.29, 0.717) is 30.3 Å². The van der Waals surface area contributed by atoms with Crippen molar-refractivity contribution >= 4 is 17.3 Å². The molecule has 1 fully saturated rings. The van der Waals surface area contributed by atoms with Gasteiger partial charge in [0.15, 0.2) is 11.5 Å². The molecule has 0 unspecified atom stereocenters. The van der Waals surface area contributed by atoms with Gasteiger partial charge in [-0.1, -0.05) is 6.07 Å². The third-order valence-electron chi connectivity index (χ3n) is 5.17. The van der Waals surface area contributed by atoms with Crippen LogP contribution in [-0.2, 0) is 6.54 Å². The molecule has 2 heterocycles. The number of hydrogen-bond acceptors (Lipinski definition) is 7. The summed E-state index contributed by atoms with van der Waals surface area (Å²) in [6, 6.07) is 10.1. The number of nitro benzene ring substituents is 1. The maximum Gasteiger partial charge on any atom is 0.293 e. The summed E-state index contributed by atoms with van der Waals surface area (Å²) in [7, 11) is 2.03. The normalized spacial score (nSPS) is 16.0. The van der Waals surface area contributed by atoms with E-state index in [2.05, 4.69) is 10.2 Å². The maximum absolute atomic E-state index is 12.5. The number of rotatable bonds is 5. The van der Waals surface area contributed by atoms with Gasteiger partial charge in [-0.05, 0) is 36.9 Å². The largest absolute Gasteiger partial charge is 0.454 e. The van der Waals surface area contributed by atoms with E-state index in [9.17, 15) is 14.9 Å². The van der Waals surface area contributed by atoms with E-state index < -0.39 is 4.92 Å². The number of nitrogens with zero attached hydrogens (tertiary/aromatic N) is 3. The highest BCUT2D eigenvalue weighted by molar-refractivity contribution is 5.95. The van der Waals surface area contributed by atoms with Crippen LogP contribution in [0, 0.1) is 10.1 Å². The van der Waals surface area contributed by atoms with E-state index in [1.165, 1.54) is 6.07 Å². The molecule has 1 saturated heterocycles. The number of ether oxygens (including phenoxy) is 2. The summed E-state index contributed by atoms with van der Waals surface area (Å²) in [5.74, 6) is 0.954. The summed E-state index contributed by atoms with van der Waals surface area (Å²) in [5, 5.41) is 14.4. The first kappa shape index (κ1) is 19.0. The van der Waals surface area contributed by atoms with E-state index in [4.69, 9.17) is 9.47 Å².